The number of pyridine rings is 1. The van der Waals surface area contributed by atoms with Crippen molar-refractivity contribution < 1.29 is 9.32 Å². The summed E-state index contributed by atoms with van der Waals surface area (Å²) in [6.07, 6.45) is 2.81. The SMILES string of the molecule is Cc1nc(-c2cccc(C(=O)N3C[C@@H]4C[C@H]3CN4c3ccccn3)c2)no1. The van der Waals surface area contributed by atoms with Gasteiger partial charge in [-0.1, -0.05) is 23.4 Å². The summed E-state index contributed by atoms with van der Waals surface area (Å²) in [6.45, 7) is 3.31. The molecule has 2 aliphatic heterocycles. The molecule has 0 radical (unpaired) electrons. The molecule has 7 heteroatoms. The molecule has 2 saturated heterocycles. The van der Waals surface area contributed by atoms with Gasteiger partial charge < -0.3 is 14.3 Å². The molecule has 2 fully saturated rings. The van der Waals surface area contributed by atoms with Gasteiger partial charge in [0.2, 0.25) is 11.7 Å². The van der Waals surface area contributed by atoms with Crippen molar-refractivity contribution in [1.82, 2.24) is 20.0 Å². The van der Waals surface area contributed by atoms with Crippen LogP contribution >= 0.6 is 0 Å². The second kappa shape index (κ2) is 6.19. The third kappa shape index (κ3) is 2.75. The average Bonchev–Trinajstić information content (AvgIpc) is 3.43. The number of aryl methyl sites for hydroxylation is 1. The monoisotopic (exact) mass is 361 g/mol. The number of carbonyl (C=O) groups excluding carboxylic acids is 1. The second-order valence-corrected chi connectivity index (χ2v) is 7.06. The zero-order valence-electron chi connectivity index (χ0n) is 14.9. The topological polar surface area (TPSA) is 75.4 Å². The smallest absolute Gasteiger partial charge is 0.254 e. The number of aromatic nitrogens is 3. The van der Waals surface area contributed by atoms with Crippen LogP contribution < -0.4 is 4.90 Å². The van der Waals surface area contributed by atoms with Gasteiger partial charge in [-0.2, -0.15) is 4.98 Å². The molecule has 0 aliphatic carbocycles. The third-order valence-electron chi connectivity index (χ3n) is 5.34. The molecule has 7 nitrogen and oxygen atoms in total. The summed E-state index contributed by atoms with van der Waals surface area (Å²) in [6, 6.07) is 14.0. The zero-order chi connectivity index (χ0) is 18.4. The standard InChI is InChI=1S/C20H19N5O2/c1-13-22-19(23-27-13)14-5-4-6-15(9-14)20(26)25-12-16-10-17(25)11-24(16)18-7-2-3-8-21-18/h2-9,16-17H,10-12H2,1H3/t16-,17-/m0/s1. The van der Waals surface area contributed by atoms with E-state index in [1.54, 1.807) is 6.92 Å². The predicted octanol–water partition coefficient (Wildman–Crippen LogP) is 2.54. The Balaban J connectivity index is 1.35. The Morgan fingerprint density at radius 3 is 2.78 bits per heavy atom. The largest absolute Gasteiger partial charge is 0.350 e. The molecule has 0 unspecified atom stereocenters. The molecule has 5 rings (SSSR count). The summed E-state index contributed by atoms with van der Waals surface area (Å²) in [5.74, 6) is 2.07. The Labute approximate surface area is 156 Å². The number of benzene rings is 1. The quantitative estimate of drug-likeness (QED) is 0.714. The first-order valence-corrected chi connectivity index (χ1v) is 9.08. The van der Waals surface area contributed by atoms with Gasteiger partial charge in [0.25, 0.3) is 5.91 Å². The van der Waals surface area contributed by atoms with Crippen molar-refractivity contribution in [2.45, 2.75) is 25.4 Å². The Hall–Kier alpha value is -3.22. The Bertz CT molecular complexity index is 987. The molecule has 27 heavy (non-hydrogen) atoms. The van der Waals surface area contributed by atoms with Crippen LogP contribution in [0.2, 0.25) is 0 Å². The molecule has 0 saturated carbocycles. The maximum Gasteiger partial charge on any atom is 0.254 e. The van der Waals surface area contributed by atoms with E-state index in [-0.39, 0.29) is 11.9 Å². The summed E-state index contributed by atoms with van der Waals surface area (Å²) in [5.41, 5.74) is 1.45. The van der Waals surface area contributed by atoms with E-state index in [0.717, 1.165) is 30.9 Å². The summed E-state index contributed by atoms with van der Waals surface area (Å²) in [7, 11) is 0. The van der Waals surface area contributed by atoms with Crippen molar-refractivity contribution in [2.75, 3.05) is 18.0 Å². The first kappa shape index (κ1) is 16.0. The number of amides is 1. The van der Waals surface area contributed by atoms with Crippen LogP contribution in [0.1, 0.15) is 22.7 Å². The van der Waals surface area contributed by atoms with Crippen molar-refractivity contribution in [1.29, 1.82) is 0 Å². The molecule has 2 aromatic heterocycles. The average molecular weight is 361 g/mol. The van der Waals surface area contributed by atoms with Crippen molar-refractivity contribution in [2.24, 2.45) is 0 Å². The van der Waals surface area contributed by atoms with E-state index < -0.39 is 0 Å². The Morgan fingerprint density at radius 1 is 1.15 bits per heavy atom. The van der Waals surface area contributed by atoms with Gasteiger partial charge in [0.05, 0.1) is 12.1 Å². The Kier molecular flexibility index (Phi) is 3.67. The molecular weight excluding hydrogens is 342 g/mol. The molecule has 0 N–H and O–H groups in total. The van der Waals surface area contributed by atoms with Gasteiger partial charge in [-0.3, -0.25) is 4.79 Å². The number of anilines is 1. The maximum atomic E-state index is 13.1. The van der Waals surface area contributed by atoms with Crippen LogP contribution in [0.5, 0.6) is 0 Å². The van der Waals surface area contributed by atoms with Crippen LogP contribution in [-0.2, 0) is 0 Å². The molecule has 136 valence electrons. The predicted molar refractivity (Wildman–Crippen MR) is 99.3 cm³/mol. The number of likely N-dealkylation sites (tertiary alicyclic amines) is 1. The van der Waals surface area contributed by atoms with E-state index in [4.69, 9.17) is 4.52 Å². The van der Waals surface area contributed by atoms with E-state index in [1.165, 1.54) is 0 Å². The van der Waals surface area contributed by atoms with E-state index in [9.17, 15) is 4.79 Å². The van der Waals surface area contributed by atoms with Gasteiger partial charge in [-0.05, 0) is 30.7 Å². The van der Waals surface area contributed by atoms with Crippen LogP contribution in [0.3, 0.4) is 0 Å². The number of hydrogen-bond acceptors (Lipinski definition) is 6. The van der Waals surface area contributed by atoms with Crippen molar-refractivity contribution >= 4 is 11.7 Å². The zero-order valence-corrected chi connectivity index (χ0v) is 14.9. The van der Waals surface area contributed by atoms with Crippen LogP contribution in [0, 0.1) is 6.92 Å². The highest BCUT2D eigenvalue weighted by Crippen LogP contribution is 2.34. The summed E-state index contributed by atoms with van der Waals surface area (Å²) in [5, 5.41) is 3.94. The third-order valence-corrected chi connectivity index (χ3v) is 5.34. The fraction of sp³-hybridized carbons (Fsp3) is 0.300. The highest BCUT2D eigenvalue weighted by molar-refractivity contribution is 5.96. The highest BCUT2D eigenvalue weighted by atomic mass is 16.5. The van der Waals surface area contributed by atoms with Gasteiger partial charge >= 0.3 is 0 Å². The molecule has 1 aromatic carbocycles. The van der Waals surface area contributed by atoms with Gasteiger partial charge in [0, 0.05) is 37.3 Å². The lowest BCUT2D eigenvalue weighted by Gasteiger charge is -2.35. The number of nitrogens with zero attached hydrogens (tertiary/aromatic N) is 5. The molecular formula is C20H19N5O2. The molecule has 3 aromatic rings. The minimum atomic E-state index is 0.0604. The molecule has 0 spiro atoms. The van der Waals surface area contributed by atoms with E-state index in [2.05, 4.69) is 20.0 Å². The summed E-state index contributed by atoms with van der Waals surface area (Å²) >= 11 is 0. The van der Waals surface area contributed by atoms with Gasteiger partial charge in [0.1, 0.15) is 5.82 Å². The Morgan fingerprint density at radius 2 is 2.07 bits per heavy atom. The second-order valence-electron chi connectivity index (χ2n) is 7.06. The van der Waals surface area contributed by atoms with Crippen LogP contribution in [0.15, 0.2) is 53.2 Å². The minimum Gasteiger partial charge on any atom is -0.350 e. The molecule has 2 atom stereocenters. The normalized spacial score (nSPS) is 21.1. The van der Waals surface area contributed by atoms with Crippen LogP contribution in [0.25, 0.3) is 11.4 Å². The number of fused-ring (bicyclic) bond motifs is 2. The first-order valence-electron chi connectivity index (χ1n) is 9.08. The molecule has 4 heterocycles. The van der Waals surface area contributed by atoms with Crippen molar-refractivity contribution in [3.63, 3.8) is 0 Å². The maximum absolute atomic E-state index is 13.1. The van der Waals surface area contributed by atoms with Gasteiger partial charge in [-0.25, -0.2) is 4.98 Å². The van der Waals surface area contributed by atoms with Gasteiger partial charge in [0.15, 0.2) is 0 Å². The van der Waals surface area contributed by atoms with E-state index in [0.29, 0.717) is 23.3 Å². The minimum absolute atomic E-state index is 0.0604. The lowest BCUT2D eigenvalue weighted by atomic mass is 10.1. The molecule has 2 aliphatic rings. The fourth-order valence-corrected chi connectivity index (χ4v) is 4.09. The number of rotatable bonds is 3. The van der Waals surface area contributed by atoms with E-state index in [1.807, 2.05) is 53.6 Å². The fourth-order valence-electron chi connectivity index (χ4n) is 4.09. The lowest BCUT2D eigenvalue weighted by Crippen LogP contribution is -2.49. The van der Waals surface area contributed by atoms with Gasteiger partial charge in [-0.15, -0.1) is 0 Å². The van der Waals surface area contributed by atoms with E-state index >= 15 is 0 Å². The number of carbonyl (C=O) groups is 1. The lowest BCUT2D eigenvalue weighted by molar-refractivity contribution is 0.0725. The summed E-state index contributed by atoms with van der Waals surface area (Å²) in [4.78, 5) is 26.1. The van der Waals surface area contributed by atoms with Crippen LogP contribution in [0.4, 0.5) is 5.82 Å². The molecule has 2 bridgehead atoms. The molecule has 1 amide bonds. The summed E-state index contributed by atoms with van der Waals surface area (Å²) < 4.78 is 5.05. The highest BCUT2D eigenvalue weighted by Gasteiger charge is 2.45. The van der Waals surface area contributed by atoms with Crippen molar-refractivity contribution in [3.8, 4) is 11.4 Å². The van der Waals surface area contributed by atoms with Crippen molar-refractivity contribution in [3.05, 3.63) is 60.1 Å². The van der Waals surface area contributed by atoms with Crippen LogP contribution in [-0.4, -0.2) is 51.1 Å². The number of piperazine rings is 1. The first-order chi connectivity index (χ1) is 13.2. The number of hydrogen-bond donors (Lipinski definition) is 0.